The number of nitrogens with one attached hydrogen (secondary N) is 2. The smallest absolute Gasteiger partial charge is 0.251 e. The van der Waals surface area contributed by atoms with Crippen molar-refractivity contribution in [2.24, 2.45) is 0 Å². The van der Waals surface area contributed by atoms with E-state index in [1.807, 2.05) is 24.3 Å². The highest BCUT2D eigenvalue weighted by molar-refractivity contribution is 5.94. The molecular weight excluding hydrogens is 312 g/mol. The standard InChI is InChI=1S/C20H22N4O/c1-14-3-4-17(11-15(14)2)9-10-21-20(25)18-7-5-16(6-8-18)12-19-22-13-23-24-19/h3-8,11,13H,9-10,12H2,1-2H3,(H,21,25)(H,22,23,24). The molecule has 0 spiro atoms. The Kier molecular flexibility index (Phi) is 5.23. The van der Waals surface area contributed by atoms with Crippen molar-refractivity contribution in [3.8, 4) is 0 Å². The van der Waals surface area contributed by atoms with Gasteiger partial charge in [-0.1, -0.05) is 30.3 Å². The Labute approximate surface area is 147 Å². The maximum atomic E-state index is 12.2. The molecule has 1 heterocycles. The molecule has 0 radical (unpaired) electrons. The van der Waals surface area contributed by atoms with Crippen molar-refractivity contribution in [2.45, 2.75) is 26.7 Å². The van der Waals surface area contributed by atoms with Crippen LogP contribution in [0.15, 0.2) is 48.8 Å². The lowest BCUT2D eigenvalue weighted by Crippen LogP contribution is -2.25. The van der Waals surface area contributed by atoms with Gasteiger partial charge in [-0.15, -0.1) is 0 Å². The van der Waals surface area contributed by atoms with Crippen molar-refractivity contribution in [1.29, 1.82) is 0 Å². The van der Waals surface area contributed by atoms with Crippen molar-refractivity contribution in [3.05, 3.63) is 82.4 Å². The zero-order chi connectivity index (χ0) is 17.6. The predicted molar refractivity (Wildman–Crippen MR) is 97.6 cm³/mol. The van der Waals surface area contributed by atoms with Gasteiger partial charge in [0.05, 0.1) is 0 Å². The summed E-state index contributed by atoms with van der Waals surface area (Å²) < 4.78 is 0. The number of hydrogen-bond acceptors (Lipinski definition) is 3. The van der Waals surface area contributed by atoms with E-state index in [1.165, 1.54) is 23.0 Å². The minimum atomic E-state index is -0.0463. The number of hydrogen-bond donors (Lipinski definition) is 2. The zero-order valence-electron chi connectivity index (χ0n) is 14.5. The molecule has 128 valence electrons. The average Bonchev–Trinajstić information content (AvgIpc) is 3.11. The number of rotatable bonds is 6. The van der Waals surface area contributed by atoms with Crippen LogP contribution in [-0.4, -0.2) is 27.6 Å². The predicted octanol–water partition coefficient (Wildman–Crippen LogP) is 2.98. The number of nitrogens with zero attached hydrogens (tertiary/aromatic N) is 2. The van der Waals surface area contributed by atoms with Crippen LogP contribution in [0, 0.1) is 13.8 Å². The third-order valence-corrected chi connectivity index (χ3v) is 4.32. The molecule has 0 fully saturated rings. The summed E-state index contributed by atoms with van der Waals surface area (Å²) in [4.78, 5) is 16.3. The van der Waals surface area contributed by atoms with Crippen LogP contribution in [0.1, 0.15) is 38.4 Å². The molecule has 0 aliphatic rings. The van der Waals surface area contributed by atoms with Gasteiger partial charge in [-0.25, -0.2) is 4.98 Å². The van der Waals surface area contributed by atoms with Crippen molar-refractivity contribution in [2.75, 3.05) is 6.54 Å². The fraction of sp³-hybridized carbons (Fsp3) is 0.250. The maximum Gasteiger partial charge on any atom is 0.251 e. The lowest BCUT2D eigenvalue weighted by Gasteiger charge is -2.08. The molecule has 5 nitrogen and oxygen atoms in total. The van der Waals surface area contributed by atoms with Gasteiger partial charge in [-0.2, -0.15) is 5.10 Å². The van der Waals surface area contributed by atoms with Crippen LogP contribution in [0.4, 0.5) is 0 Å². The largest absolute Gasteiger partial charge is 0.352 e. The normalized spacial score (nSPS) is 10.6. The van der Waals surface area contributed by atoms with E-state index in [0.717, 1.165) is 17.8 Å². The van der Waals surface area contributed by atoms with Crippen LogP contribution in [0.2, 0.25) is 0 Å². The number of aryl methyl sites for hydroxylation is 2. The summed E-state index contributed by atoms with van der Waals surface area (Å²) in [6, 6.07) is 14.0. The van der Waals surface area contributed by atoms with Crippen LogP contribution in [0.25, 0.3) is 0 Å². The van der Waals surface area contributed by atoms with Gasteiger partial charge in [0.2, 0.25) is 0 Å². The van der Waals surface area contributed by atoms with E-state index < -0.39 is 0 Å². The van der Waals surface area contributed by atoms with E-state index >= 15 is 0 Å². The number of carbonyl (C=O) groups is 1. The Morgan fingerprint density at radius 3 is 2.48 bits per heavy atom. The van der Waals surface area contributed by atoms with Crippen molar-refractivity contribution >= 4 is 5.91 Å². The lowest BCUT2D eigenvalue weighted by molar-refractivity contribution is 0.0954. The summed E-state index contributed by atoms with van der Waals surface area (Å²) in [5.41, 5.74) is 5.57. The topological polar surface area (TPSA) is 70.7 Å². The van der Waals surface area contributed by atoms with E-state index in [4.69, 9.17) is 0 Å². The van der Waals surface area contributed by atoms with Crippen LogP contribution in [0.3, 0.4) is 0 Å². The minimum absolute atomic E-state index is 0.0463. The van der Waals surface area contributed by atoms with E-state index in [-0.39, 0.29) is 5.91 Å². The van der Waals surface area contributed by atoms with Crippen LogP contribution in [-0.2, 0) is 12.8 Å². The van der Waals surface area contributed by atoms with Crippen molar-refractivity contribution in [3.63, 3.8) is 0 Å². The number of aromatic nitrogens is 3. The van der Waals surface area contributed by atoms with Crippen LogP contribution >= 0.6 is 0 Å². The number of benzene rings is 2. The Morgan fingerprint density at radius 2 is 1.80 bits per heavy atom. The summed E-state index contributed by atoms with van der Waals surface area (Å²) in [6.07, 6.45) is 3.00. The fourth-order valence-electron chi connectivity index (χ4n) is 2.66. The molecular formula is C20H22N4O. The Bertz CT molecular complexity index is 839. The minimum Gasteiger partial charge on any atom is -0.352 e. The third kappa shape index (κ3) is 4.53. The molecule has 0 atom stereocenters. The number of carbonyl (C=O) groups excluding carboxylic acids is 1. The lowest BCUT2D eigenvalue weighted by atomic mass is 10.0. The highest BCUT2D eigenvalue weighted by atomic mass is 16.1. The maximum absolute atomic E-state index is 12.2. The van der Waals surface area contributed by atoms with Gasteiger partial charge in [-0.05, 0) is 54.7 Å². The zero-order valence-corrected chi connectivity index (χ0v) is 14.5. The molecule has 1 amide bonds. The Morgan fingerprint density at radius 1 is 1.04 bits per heavy atom. The van der Waals surface area contributed by atoms with Gasteiger partial charge in [0, 0.05) is 18.5 Å². The average molecular weight is 334 g/mol. The second-order valence-corrected chi connectivity index (χ2v) is 6.23. The molecule has 0 unspecified atom stereocenters. The molecule has 0 saturated heterocycles. The Hall–Kier alpha value is -2.95. The molecule has 3 aromatic rings. The van der Waals surface area contributed by atoms with Crippen LogP contribution in [0.5, 0.6) is 0 Å². The quantitative estimate of drug-likeness (QED) is 0.728. The monoisotopic (exact) mass is 334 g/mol. The molecule has 2 N–H and O–H groups in total. The molecule has 3 rings (SSSR count). The summed E-state index contributed by atoms with van der Waals surface area (Å²) in [6.45, 7) is 4.84. The summed E-state index contributed by atoms with van der Waals surface area (Å²) in [7, 11) is 0. The number of amides is 1. The van der Waals surface area contributed by atoms with E-state index in [2.05, 4.69) is 52.5 Å². The molecule has 0 aliphatic carbocycles. The van der Waals surface area contributed by atoms with Crippen molar-refractivity contribution < 1.29 is 4.79 Å². The van der Waals surface area contributed by atoms with Gasteiger partial charge in [-0.3, -0.25) is 9.89 Å². The first-order valence-corrected chi connectivity index (χ1v) is 8.39. The third-order valence-electron chi connectivity index (χ3n) is 4.32. The Balaban J connectivity index is 1.51. The van der Waals surface area contributed by atoms with Gasteiger partial charge in [0.25, 0.3) is 5.91 Å². The summed E-state index contributed by atoms with van der Waals surface area (Å²) >= 11 is 0. The van der Waals surface area contributed by atoms with E-state index in [1.54, 1.807) is 0 Å². The fourth-order valence-corrected chi connectivity index (χ4v) is 2.66. The molecule has 0 bridgehead atoms. The highest BCUT2D eigenvalue weighted by Gasteiger charge is 2.06. The molecule has 5 heteroatoms. The molecule has 2 aromatic carbocycles. The SMILES string of the molecule is Cc1ccc(CCNC(=O)c2ccc(Cc3ncn[nH]3)cc2)cc1C. The molecule has 0 aliphatic heterocycles. The first-order chi connectivity index (χ1) is 12.1. The van der Waals surface area contributed by atoms with Crippen LogP contribution < -0.4 is 5.32 Å². The number of H-pyrrole nitrogens is 1. The van der Waals surface area contributed by atoms with Gasteiger partial charge >= 0.3 is 0 Å². The van der Waals surface area contributed by atoms with Gasteiger partial charge < -0.3 is 5.32 Å². The molecule has 25 heavy (non-hydrogen) atoms. The van der Waals surface area contributed by atoms with E-state index in [0.29, 0.717) is 18.5 Å². The second-order valence-electron chi connectivity index (χ2n) is 6.23. The number of aromatic amines is 1. The summed E-state index contributed by atoms with van der Waals surface area (Å²) in [5, 5.41) is 9.65. The first-order valence-electron chi connectivity index (χ1n) is 8.39. The first kappa shape index (κ1) is 16.9. The van der Waals surface area contributed by atoms with Gasteiger partial charge in [0.1, 0.15) is 12.2 Å². The van der Waals surface area contributed by atoms with Gasteiger partial charge in [0.15, 0.2) is 0 Å². The molecule has 0 saturated carbocycles. The van der Waals surface area contributed by atoms with E-state index in [9.17, 15) is 4.79 Å². The molecule has 1 aromatic heterocycles. The highest BCUT2D eigenvalue weighted by Crippen LogP contribution is 2.10. The van der Waals surface area contributed by atoms with Crippen molar-refractivity contribution in [1.82, 2.24) is 20.5 Å². The summed E-state index contributed by atoms with van der Waals surface area (Å²) in [5.74, 6) is 0.764. The second kappa shape index (κ2) is 7.75.